The van der Waals surface area contributed by atoms with Crippen LogP contribution >= 0.6 is 0 Å². The number of rotatable bonds is 2. The molecule has 0 aliphatic heterocycles. The molecule has 0 atom stereocenters. The first-order valence-corrected chi connectivity index (χ1v) is 9.18. The van der Waals surface area contributed by atoms with E-state index in [0.29, 0.717) is 16.8 Å². The van der Waals surface area contributed by atoms with Crippen molar-refractivity contribution in [1.82, 2.24) is 19.2 Å². The molecule has 0 bridgehead atoms. The average molecular weight is 452 g/mol. The van der Waals surface area contributed by atoms with Gasteiger partial charge in [-0.1, -0.05) is 12.1 Å². The molecule has 1 aromatic carbocycles. The molecule has 0 saturated heterocycles. The van der Waals surface area contributed by atoms with E-state index >= 15 is 0 Å². The fourth-order valence-electron chi connectivity index (χ4n) is 3.52. The Morgan fingerprint density at radius 2 is 1.50 bits per heavy atom. The van der Waals surface area contributed by atoms with Crippen LogP contribution < -0.4 is 5.56 Å². The molecule has 3 aromatic heterocycles. The minimum Gasteiger partial charge on any atom is -0.328 e. The van der Waals surface area contributed by atoms with Crippen LogP contribution in [0, 0.1) is 6.92 Å². The molecule has 166 valence electrons. The van der Waals surface area contributed by atoms with Crippen LogP contribution in [0.15, 0.2) is 53.5 Å². The summed E-state index contributed by atoms with van der Waals surface area (Å²) in [5.74, 6) is 0. The molecule has 4 aromatic rings. The van der Waals surface area contributed by atoms with Crippen LogP contribution in [0.25, 0.3) is 28.0 Å². The quantitative estimate of drug-likeness (QED) is 0.398. The van der Waals surface area contributed by atoms with Crippen molar-refractivity contribution in [1.29, 1.82) is 0 Å². The van der Waals surface area contributed by atoms with Crippen molar-refractivity contribution in [3.8, 4) is 22.4 Å². The molecule has 0 fully saturated rings. The number of hydrogen-bond donors (Lipinski definition) is 0. The third kappa shape index (κ3) is 3.63. The molecular weight excluding hydrogens is 438 g/mol. The largest absolute Gasteiger partial charge is 0.433 e. The van der Waals surface area contributed by atoms with Gasteiger partial charge in [0.25, 0.3) is 5.56 Å². The standard InChI is InChI=1S/C21H14F6N4O/c1-11-18(12-3-6-14(7-4-12)20(22,23)24)19-30(2)15(9-17(32)31(19)29-11)13-5-8-16(28-10-13)21(25,26)27/h3-10H,1-2H3. The van der Waals surface area contributed by atoms with E-state index in [2.05, 4.69) is 10.1 Å². The van der Waals surface area contributed by atoms with Gasteiger partial charge in [-0.3, -0.25) is 9.78 Å². The normalized spacial score (nSPS) is 12.5. The van der Waals surface area contributed by atoms with Crippen LogP contribution in [0.5, 0.6) is 0 Å². The lowest BCUT2D eigenvalue weighted by molar-refractivity contribution is -0.141. The van der Waals surface area contributed by atoms with Gasteiger partial charge in [0.2, 0.25) is 0 Å². The number of halogens is 6. The number of nitrogens with zero attached hydrogens (tertiary/aromatic N) is 4. The molecular formula is C21H14F6N4O. The zero-order valence-electron chi connectivity index (χ0n) is 16.6. The van der Waals surface area contributed by atoms with Crippen molar-refractivity contribution in [2.24, 2.45) is 7.05 Å². The van der Waals surface area contributed by atoms with E-state index in [1.54, 1.807) is 18.5 Å². The van der Waals surface area contributed by atoms with Crippen molar-refractivity contribution in [2.75, 3.05) is 0 Å². The smallest absolute Gasteiger partial charge is 0.328 e. The Balaban J connectivity index is 1.91. The van der Waals surface area contributed by atoms with Gasteiger partial charge in [-0.05, 0) is 36.8 Å². The van der Waals surface area contributed by atoms with Gasteiger partial charge < -0.3 is 4.57 Å². The molecule has 0 radical (unpaired) electrons. The summed E-state index contributed by atoms with van der Waals surface area (Å²) in [7, 11) is 1.58. The highest BCUT2D eigenvalue weighted by atomic mass is 19.4. The summed E-state index contributed by atoms with van der Waals surface area (Å²) in [6.07, 6.45) is -8.09. The maximum atomic E-state index is 12.9. The van der Waals surface area contributed by atoms with Crippen molar-refractivity contribution >= 4 is 5.65 Å². The molecule has 3 heterocycles. The Hall–Kier alpha value is -3.63. The van der Waals surface area contributed by atoms with Crippen molar-refractivity contribution in [2.45, 2.75) is 19.3 Å². The molecule has 0 aliphatic rings. The highest BCUT2D eigenvalue weighted by Crippen LogP contribution is 2.34. The minimum absolute atomic E-state index is 0.261. The average Bonchev–Trinajstić information content (AvgIpc) is 3.07. The summed E-state index contributed by atoms with van der Waals surface area (Å²) < 4.78 is 79.8. The van der Waals surface area contributed by atoms with Gasteiger partial charge in [-0.25, -0.2) is 0 Å². The van der Waals surface area contributed by atoms with E-state index < -0.39 is 29.2 Å². The van der Waals surface area contributed by atoms with Gasteiger partial charge in [-0.2, -0.15) is 36.0 Å². The molecule has 0 amide bonds. The molecule has 0 unspecified atom stereocenters. The topological polar surface area (TPSA) is 52.2 Å². The Morgan fingerprint density at radius 3 is 2.03 bits per heavy atom. The first-order valence-electron chi connectivity index (χ1n) is 9.18. The summed E-state index contributed by atoms with van der Waals surface area (Å²) >= 11 is 0. The summed E-state index contributed by atoms with van der Waals surface area (Å²) in [6, 6.07) is 7.64. The molecule has 32 heavy (non-hydrogen) atoms. The number of pyridine rings is 1. The monoisotopic (exact) mass is 452 g/mol. The number of aryl methyl sites for hydroxylation is 2. The van der Waals surface area contributed by atoms with Gasteiger partial charge in [-0.15, -0.1) is 0 Å². The van der Waals surface area contributed by atoms with Crippen LogP contribution in [0.2, 0.25) is 0 Å². The zero-order chi connectivity index (χ0) is 23.4. The van der Waals surface area contributed by atoms with Gasteiger partial charge in [0.05, 0.1) is 17.0 Å². The third-order valence-electron chi connectivity index (χ3n) is 5.03. The second-order valence-corrected chi connectivity index (χ2v) is 7.13. The highest BCUT2D eigenvalue weighted by molar-refractivity contribution is 5.81. The van der Waals surface area contributed by atoms with Gasteiger partial charge in [0, 0.05) is 30.4 Å². The fourth-order valence-corrected chi connectivity index (χ4v) is 3.52. The van der Waals surface area contributed by atoms with Crippen LogP contribution in [-0.2, 0) is 19.4 Å². The maximum absolute atomic E-state index is 12.9. The summed E-state index contributed by atoms with van der Waals surface area (Å²) in [5.41, 5.74) is -0.379. The molecule has 4 rings (SSSR count). The molecule has 11 heteroatoms. The van der Waals surface area contributed by atoms with Crippen molar-refractivity contribution in [3.63, 3.8) is 0 Å². The predicted molar refractivity (Wildman–Crippen MR) is 104 cm³/mol. The lowest BCUT2D eigenvalue weighted by Gasteiger charge is -2.13. The lowest BCUT2D eigenvalue weighted by atomic mass is 10.0. The summed E-state index contributed by atoms with van der Waals surface area (Å²) in [6.45, 7) is 1.61. The lowest BCUT2D eigenvalue weighted by Crippen LogP contribution is -2.18. The number of hydrogen-bond acceptors (Lipinski definition) is 3. The molecule has 0 spiro atoms. The zero-order valence-corrected chi connectivity index (χ0v) is 16.6. The van der Waals surface area contributed by atoms with Crippen LogP contribution in [0.3, 0.4) is 0 Å². The minimum atomic E-state index is -4.60. The van der Waals surface area contributed by atoms with E-state index in [1.807, 2.05) is 0 Å². The fraction of sp³-hybridized carbons (Fsp3) is 0.190. The number of alkyl halides is 6. The molecule has 0 N–H and O–H groups in total. The Kier molecular flexibility index (Phi) is 4.87. The van der Waals surface area contributed by atoms with Gasteiger partial charge >= 0.3 is 12.4 Å². The van der Waals surface area contributed by atoms with E-state index in [9.17, 15) is 31.1 Å². The Labute approximate surface area is 176 Å². The Morgan fingerprint density at radius 1 is 0.875 bits per heavy atom. The summed E-state index contributed by atoms with van der Waals surface area (Å²) in [4.78, 5) is 16.1. The number of aromatic nitrogens is 4. The van der Waals surface area contributed by atoms with Crippen molar-refractivity contribution in [3.05, 3.63) is 76.0 Å². The van der Waals surface area contributed by atoms with E-state index in [0.717, 1.165) is 28.9 Å². The van der Waals surface area contributed by atoms with Gasteiger partial charge in [0.1, 0.15) is 11.3 Å². The van der Waals surface area contributed by atoms with Gasteiger partial charge in [0.15, 0.2) is 0 Å². The first kappa shape index (κ1) is 21.6. The van der Waals surface area contributed by atoms with E-state index in [-0.39, 0.29) is 16.9 Å². The van der Waals surface area contributed by atoms with Crippen LogP contribution in [0.4, 0.5) is 26.3 Å². The van der Waals surface area contributed by atoms with E-state index in [1.165, 1.54) is 24.3 Å². The SMILES string of the molecule is Cc1nn2c(=O)cc(-c3ccc(C(F)(F)F)nc3)n(C)c2c1-c1ccc(C(F)(F)F)cc1. The van der Waals surface area contributed by atoms with Crippen molar-refractivity contribution < 1.29 is 26.3 Å². The van der Waals surface area contributed by atoms with Crippen LogP contribution in [0.1, 0.15) is 17.0 Å². The van der Waals surface area contributed by atoms with E-state index in [4.69, 9.17) is 0 Å². The Bertz CT molecular complexity index is 1360. The molecule has 0 aliphatic carbocycles. The second-order valence-electron chi connectivity index (χ2n) is 7.13. The summed E-state index contributed by atoms with van der Waals surface area (Å²) in [5, 5.41) is 4.20. The van der Waals surface area contributed by atoms with Crippen LogP contribution in [-0.4, -0.2) is 19.2 Å². The predicted octanol–water partition coefficient (Wildman–Crippen LogP) is 5.11. The number of fused-ring (bicyclic) bond motifs is 1. The third-order valence-corrected chi connectivity index (χ3v) is 5.03. The molecule has 5 nitrogen and oxygen atoms in total. The number of benzene rings is 1. The molecule has 0 saturated carbocycles. The first-order chi connectivity index (χ1) is 14.9. The second kappa shape index (κ2) is 7.21. The highest BCUT2D eigenvalue weighted by Gasteiger charge is 2.32. The maximum Gasteiger partial charge on any atom is 0.433 e.